The first-order chi connectivity index (χ1) is 15.9. The van der Waals surface area contributed by atoms with Crippen molar-refractivity contribution in [2.24, 2.45) is 0 Å². The third-order valence-electron chi connectivity index (χ3n) is 4.45. The van der Waals surface area contributed by atoms with E-state index in [9.17, 15) is 14.9 Å². The number of amides is 1. The molecule has 0 atom stereocenters. The summed E-state index contributed by atoms with van der Waals surface area (Å²) < 4.78 is 11.9. The first kappa shape index (κ1) is 21.9. The van der Waals surface area contributed by atoms with Gasteiger partial charge in [-0.2, -0.15) is 14.9 Å². The maximum Gasteiger partial charge on any atom is 0.275 e. The first-order valence-electron chi connectivity index (χ1n) is 9.93. The molecule has 1 aromatic carbocycles. The molecule has 0 saturated heterocycles. The van der Waals surface area contributed by atoms with Crippen LogP contribution in [0.2, 0.25) is 0 Å². The van der Waals surface area contributed by atoms with E-state index in [0.29, 0.717) is 27.7 Å². The largest absolute Gasteiger partial charge is 0.487 e. The fraction of sp³-hybridized carbons (Fsp3) is 0.182. The van der Waals surface area contributed by atoms with Crippen LogP contribution >= 0.6 is 11.3 Å². The van der Waals surface area contributed by atoms with Gasteiger partial charge in [0, 0.05) is 12.1 Å². The van der Waals surface area contributed by atoms with Gasteiger partial charge in [0.2, 0.25) is 4.96 Å². The molecule has 10 nitrogen and oxygen atoms in total. The Hall–Kier alpha value is -4.30. The summed E-state index contributed by atoms with van der Waals surface area (Å²) in [4.78, 5) is 29.5. The summed E-state index contributed by atoms with van der Waals surface area (Å²) in [7, 11) is 0. The van der Waals surface area contributed by atoms with E-state index in [1.807, 2.05) is 13.0 Å². The number of carbonyl (C=O) groups excluding carboxylic acids is 1. The molecule has 1 amide bonds. The number of hydrogen-bond acceptors (Lipinski definition) is 9. The van der Waals surface area contributed by atoms with Crippen LogP contribution < -0.4 is 15.6 Å². The number of ether oxygens (including phenoxy) is 1. The molecular formula is C22H18N6O4S. The number of carbonyl (C=O) groups is 1. The average Bonchev–Trinajstić information content (AvgIpc) is 3.42. The van der Waals surface area contributed by atoms with Gasteiger partial charge < -0.3 is 14.6 Å². The molecule has 0 bridgehead atoms. The van der Waals surface area contributed by atoms with Crippen molar-refractivity contribution in [3.63, 3.8) is 0 Å². The van der Waals surface area contributed by atoms with E-state index < -0.39 is 5.91 Å². The van der Waals surface area contributed by atoms with Gasteiger partial charge in [0.15, 0.2) is 5.82 Å². The number of aryl methyl sites for hydroxylation is 2. The van der Waals surface area contributed by atoms with E-state index in [1.165, 1.54) is 28.0 Å². The average molecular weight is 462 g/mol. The molecule has 3 heterocycles. The number of rotatable bonds is 7. The lowest BCUT2D eigenvalue weighted by Gasteiger charge is -2.06. The van der Waals surface area contributed by atoms with Crippen LogP contribution in [0.3, 0.4) is 0 Å². The summed E-state index contributed by atoms with van der Waals surface area (Å²) in [5, 5.41) is 20.6. The highest BCUT2D eigenvalue weighted by Crippen LogP contribution is 2.17. The second kappa shape index (κ2) is 9.46. The Morgan fingerprint density at radius 2 is 2.12 bits per heavy atom. The predicted molar refractivity (Wildman–Crippen MR) is 121 cm³/mol. The van der Waals surface area contributed by atoms with Gasteiger partial charge in [-0.25, -0.2) is 4.98 Å². The molecule has 4 aromatic rings. The molecule has 1 N–H and O–H groups in total. The van der Waals surface area contributed by atoms with Crippen molar-refractivity contribution in [1.29, 1.82) is 5.26 Å². The molecular weight excluding hydrogens is 444 g/mol. The molecule has 0 unspecified atom stereocenters. The summed E-state index contributed by atoms with van der Waals surface area (Å²) in [6.07, 6.45) is 2.19. The van der Waals surface area contributed by atoms with E-state index in [4.69, 9.17) is 9.26 Å². The van der Waals surface area contributed by atoms with Gasteiger partial charge in [0.1, 0.15) is 34.8 Å². The van der Waals surface area contributed by atoms with Gasteiger partial charge in [-0.15, -0.1) is 0 Å². The summed E-state index contributed by atoms with van der Waals surface area (Å²) in [5.41, 5.74) is 0.804. The van der Waals surface area contributed by atoms with Crippen molar-refractivity contribution in [2.75, 3.05) is 5.32 Å². The molecule has 11 heteroatoms. The number of nitrogens with zero attached hydrogens (tertiary/aromatic N) is 5. The minimum absolute atomic E-state index is 0.0849. The molecule has 0 spiro atoms. The minimum atomic E-state index is -0.590. The number of nitriles is 1. The van der Waals surface area contributed by atoms with Crippen LogP contribution in [0.1, 0.15) is 28.9 Å². The topological polar surface area (TPSA) is 135 Å². The zero-order chi connectivity index (χ0) is 23.4. The first-order valence-corrected chi connectivity index (χ1v) is 10.7. The number of anilines is 1. The molecule has 0 radical (unpaired) electrons. The maximum atomic E-state index is 12.3. The third-order valence-corrected chi connectivity index (χ3v) is 5.51. The van der Waals surface area contributed by atoms with Gasteiger partial charge in [0.25, 0.3) is 11.5 Å². The highest BCUT2D eigenvalue weighted by molar-refractivity contribution is 7.16. The van der Waals surface area contributed by atoms with E-state index >= 15 is 0 Å². The molecule has 166 valence electrons. The van der Waals surface area contributed by atoms with Gasteiger partial charge >= 0.3 is 0 Å². The van der Waals surface area contributed by atoms with Crippen molar-refractivity contribution >= 4 is 34.1 Å². The molecule has 0 aliphatic carbocycles. The monoisotopic (exact) mass is 462 g/mol. The SMILES string of the molecule is CCc1nn2c(=O)cc(COc3ccc(C=C(C#N)C(=O)Nc4cc(C)on4)cc3)nc2s1. The lowest BCUT2D eigenvalue weighted by atomic mass is 10.1. The molecule has 0 aliphatic heterocycles. The van der Waals surface area contributed by atoms with Gasteiger partial charge in [-0.05, 0) is 37.1 Å². The highest BCUT2D eigenvalue weighted by Gasteiger charge is 2.12. The Kier molecular flexibility index (Phi) is 6.28. The number of benzene rings is 1. The number of fused-ring (bicyclic) bond motifs is 1. The molecule has 4 rings (SSSR count). The number of aromatic nitrogens is 4. The van der Waals surface area contributed by atoms with Crippen molar-refractivity contribution in [2.45, 2.75) is 26.9 Å². The maximum absolute atomic E-state index is 12.3. The standard InChI is InChI=1S/C22H18N6O4S/c1-3-19-26-28-20(29)10-16(24-22(28)33-19)12-31-17-6-4-14(5-7-17)9-15(11-23)21(30)25-18-8-13(2)32-27-18/h4-10H,3,12H2,1-2H3,(H,25,27,30). The number of hydrogen-bond donors (Lipinski definition) is 1. The van der Waals surface area contributed by atoms with E-state index in [0.717, 1.165) is 11.4 Å². The fourth-order valence-corrected chi connectivity index (χ4v) is 3.71. The Bertz CT molecular complexity index is 1440. The van der Waals surface area contributed by atoms with Crippen molar-refractivity contribution in [3.8, 4) is 11.8 Å². The zero-order valence-electron chi connectivity index (χ0n) is 17.7. The summed E-state index contributed by atoms with van der Waals surface area (Å²) >= 11 is 1.37. The molecule has 3 aromatic heterocycles. The lowest BCUT2D eigenvalue weighted by Crippen LogP contribution is -2.16. The van der Waals surface area contributed by atoms with E-state index in [2.05, 4.69) is 20.6 Å². The zero-order valence-corrected chi connectivity index (χ0v) is 18.5. The van der Waals surface area contributed by atoms with Crippen LogP contribution in [0, 0.1) is 18.3 Å². The van der Waals surface area contributed by atoms with Crippen LogP contribution in [0.15, 0.2) is 51.3 Å². The molecule has 0 saturated carbocycles. The van der Waals surface area contributed by atoms with Crippen LogP contribution in [0.4, 0.5) is 5.82 Å². The quantitative estimate of drug-likeness (QED) is 0.327. The van der Waals surface area contributed by atoms with Crippen LogP contribution in [-0.2, 0) is 17.8 Å². The second-order valence-electron chi connectivity index (χ2n) is 6.93. The van der Waals surface area contributed by atoms with Gasteiger partial charge in [-0.3, -0.25) is 9.59 Å². The Labute approximate surface area is 191 Å². The summed E-state index contributed by atoms with van der Waals surface area (Å²) in [6, 6.07) is 11.7. The minimum Gasteiger partial charge on any atom is -0.487 e. The van der Waals surface area contributed by atoms with Crippen LogP contribution in [0.5, 0.6) is 5.75 Å². The summed E-state index contributed by atoms with van der Waals surface area (Å²) in [6.45, 7) is 3.78. The smallest absolute Gasteiger partial charge is 0.275 e. The van der Waals surface area contributed by atoms with Gasteiger partial charge in [0.05, 0.1) is 5.69 Å². The molecule has 33 heavy (non-hydrogen) atoms. The third kappa shape index (κ3) is 5.13. The molecule has 0 fully saturated rings. The summed E-state index contributed by atoms with van der Waals surface area (Å²) in [5.74, 6) is 0.737. The Balaban J connectivity index is 1.42. The van der Waals surface area contributed by atoms with Crippen molar-refractivity contribution in [1.82, 2.24) is 19.8 Å². The Morgan fingerprint density at radius 3 is 2.79 bits per heavy atom. The lowest BCUT2D eigenvalue weighted by molar-refractivity contribution is -0.112. The van der Waals surface area contributed by atoms with E-state index in [1.54, 1.807) is 37.3 Å². The van der Waals surface area contributed by atoms with Crippen molar-refractivity contribution in [3.05, 3.63) is 74.4 Å². The van der Waals surface area contributed by atoms with E-state index in [-0.39, 0.29) is 23.6 Å². The Morgan fingerprint density at radius 1 is 1.33 bits per heavy atom. The predicted octanol–water partition coefficient (Wildman–Crippen LogP) is 3.13. The van der Waals surface area contributed by atoms with Crippen molar-refractivity contribution < 1.29 is 14.1 Å². The normalized spacial score (nSPS) is 11.4. The molecule has 0 aliphatic rings. The fourth-order valence-electron chi connectivity index (χ4n) is 2.85. The van der Waals surface area contributed by atoms with Crippen LogP contribution in [0.25, 0.3) is 11.0 Å². The second-order valence-corrected chi connectivity index (χ2v) is 7.97. The number of nitrogens with one attached hydrogen (secondary N) is 1. The highest BCUT2D eigenvalue weighted by atomic mass is 32.1. The van der Waals surface area contributed by atoms with Crippen LogP contribution in [-0.4, -0.2) is 25.7 Å². The van der Waals surface area contributed by atoms with Gasteiger partial charge in [-0.1, -0.05) is 35.5 Å².